The number of nitrogens with zero attached hydrogens (tertiary/aromatic N) is 2. The fraction of sp³-hybridized carbons (Fsp3) is 0.444. The molecule has 5 nitrogen and oxygen atoms in total. The van der Waals surface area contributed by atoms with Gasteiger partial charge in [-0.15, -0.1) is 0 Å². The molecule has 0 spiro atoms. The molecular weight excluding hydrogens is 292 g/mol. The van der Waals surface area contributed by atoms with E-state index < -0.39 is 0 Å². The fourth-order valence-corrected chi connectivity index (χ4v) is 2.89. The molecule has 23 heavy (non-hydrogen) atoms. The van der Waals surface area contributed by atoms with Gasteiger partial charge in [-0.25, -0.2) is 0 Å². The molecule has 124 valence electrons. The number of hydrogen-bond donors (Lipinski definition) is 0. The molecular formula is C18H24N2O3. The number of rotatable bonds is 6. The molecule has 0 bridgehead atoms. The fourth-order valence-electron chi connectivity index (χ4n) is 2.89. The van der Waals surface area contributed by atoms with Crippen molar-refractivity contribution < 1.29 is 14.3 Å². The molecule has 1 aromatic carbocycles. The van der Waals surface area contributed by atoms with Crippen LogP contribution in [-0.2, 0) is 9.59 Å². The molecule has 2 rings (SSSR count). The average molecular weight is 316 g/mol. The van der Waals surface area contributed by atoms with E-state index in [1.54, 1.807) is 16.9 Å². The van der Waals surface area contributed by atoms with Crippen molar-refractivity contribution in [3.05, 3.63) is 36.4 Å². The van der Waals surface area contributed by atoms with Gasteiger partial charge >= 0.3 is 0 Å². The molecule has 0 saturated carbocycles. The van der Waals surface area contributed by atoms with E-state index in [0.29, 0.717) is 25.4 Å². The summed E-state index contributed by atoms with van der Waals surface area (Å²) < 4.78 is 5.32. The van der Waals surface area contributed by atoms with Crippen LogP contribution in [0.4, 0.5) is 5.69 Å². The van der Waals surface area contributed by atoms with E-state index in [1.165, 1.54) is 0 Å². The third-order valence-corrected chi connectivity index (χ3v) is 4.00. The van der Waals surface area contributed by atoms with Crippen molar-refractivity contribution in [3.63, 3.8) is 0 Å². The number of methoxy groups -OCH3 is 1. The van der Waals surface area contributed by atoms with Crippen LogP contribution in [0.1, 0.15) is 20.3 Å². The second-order valence-electron chi connectivity index (χ2n) is 5.89. The molecule has 1 atom stereocenters. The van der Waals surface area contributed by atoms with Crippen LogP contribution in [-0.4, -0.2) is 43.5 Å². The number of amides is 2. The number of para-hydroxylation sites is 2. The first-order chi connectivity index (χ1) is 11.0. The second kappa shape index (κ2) is 7.31. The van der Waals surface area contributed by atoms with Gasteiger partial charge in [-0.3, -0.25) is 9.59 Å². The zero-order chi connectivity index (χ0) is 17.0. The molecule has 1 unspecified atom stereocenters. The molecule has 1 aliphatic heterocycles. The number of benzene rings is 1. The number of carbonyl (C=O) groups excluding carboxylic acids is 2. The highest BCUT2D eigenvalue weighted by molar-refractivity contribution is 6.01. The first kappa shape index (κ1) is 17.1. The Morgan fingerprint density at radius 3 is 2.74 bits per heavy atom. The summed E-state index contributed by atoms with van der Waals surface area (Å²) in [5, 5.41) is 0. The summed E-state index contributed by atoms with van der Waals surface area (Å²) in [6, 6.07) is 7.38. The quantitative estimate of drug-likeness (QED) is 0.758. The molecule has 2 amide bonds. The first-order valence-electron chi connectivity index (χ1n) is 7.84. The van der Waals surface area contributed by atoms with Crippen LogP contribution in [0.15, 0.2) is 36.4 Å². The second-order valence-corrected chi connectivity index (χ2v) is 5.89. The predicted octanol–water partition coefficient (Wildman–Crippen LogP) is 2.47. The minimum absolute atomic E-state index is 0.0150. The molecule has 0 aromatic heterocycles. The molecule has 5 heteroatoms. The topological polar surface area (TPSA) is 49.9 Å². The molecule has 0 radical (unpaired) electrons. The van der Waals surface area contributed by atoms with Crippen molar-refractivity contribution >= 4 is 17.5 Å². The first-order valence-corrected chi connectivity index (χ1v) is 7.84. The monoisotopic (exact) mass is 316 g/mol. The summed E-state index contributed by atoms with van der Waals surface area (Å²) in [5.41, 5.74) is 1.66. The van der Waals surface area contributed by atoms with Crippen LogP contribution >= 0.6 is 0 Å². The average Bonchev–Trinajstić information content (AvgIpc) is 2.93. The summed E-state index contributed by atoms with van der Waals surface area (Å²) >= 11 is 0. The van der Waals surface area contributed by atoms with Crippen molar-refractivity contribution in [2.75, 3.05) is 31.6 Å². The van der Waals surface area contributed by atoms with Gasteiger partial charge in [0.25, 0.3) is 0 Å². The van der Waals surface area contributed by atoms with E-state index in [2.05, 4.69) is 6.58 Å². The zero-order valence-corrected chi connectivity index (χ0v) is 14.0. The largest absolute Gasteiger partial charge is 0.495 e. The maximum absolute atomic E-state index is 12.7. The van der Waals surface area contributed by atoms with Crippen LogP contribution in [0, 0.1) is 5.92 Å². The Labute approximate surface area is 137 Å². The zero-order valence-electron chi connectivity index (χ0n) is 14.0. The van der Waals surface area contributed by atoms with Crippen LogP contribution in [0.5, 0.6) is 5.75 Å². The van der Waals surface area contributed by atoms with Gasteiger partial charge in [0.2, 0.25) is 11.8 Å². The van der Waals surface area contributed by atoms with E-state index in [0.717, 1.165) is 11.3 Å². The van der Waals surface area contributed by atoms with Crippen molar-refractivity contribution in [1.29, 1.82) is 0 Å². The standard InChI is InChI=1S/C18H24N2O3/c1-5-19(11-13(2)3)18(22)14-10-17(21)20(12-14)15-8-6-7-9-16(15)23-4/h6-9,14H,2,5,10-12H2,1,3-4H3. The Morgan fingerprint density at radius 1 is 1.43 bits per heavy atom. The highest BCUT2D eigenvalue weighted by atomic mass is 16.5. The summed E-state index contributed by atoms with van der Waals surface area (Å²) in [4.78, 5) is 28.4. The van der Waals surface area contributed by atoms with Crippen LogP contribution in [0.25, 0.3) is 0 Å². The Bertz CT molecular complexity index is 612. The summed E-state index contributed by atoms with van der Waals surface area (Å²) in [5.74, 6) is 0.301. The maximum Gasteiger partial charge on any atom is 0.228 e. The molecule has 1 heterocycles. The van der Waals surface area contributed by atoms with E-state index in [1.807, 2.05) is 38.1 Å². The molecule has 0 N–H and O–H groups in total. The van der Waals surface area contributed by atoms with E-state index in [4.69, 9.17) is 4.74 Å². The Balaban J connectivity index is 2.16. The third kappa shape index (κ3) is 3.73. The number of anilines is 1. The summed E-state index contributed by atoms with van der Waals surface area (Å²) in [6.07, 6.45) is 0.240. The van der Waals surface area contributed by atoms with Crippen LogP contribution in [0.3, 0.4) is 0 Å². The number of hydrogen-bond acceptors (Lipinski definition) is 3. The van der Waals surface area contributed by atoms with Crippen molar-refractivity contribution in [1.82, 2.24) is 4.90 Å². The molecule has 1 aromatic rings. The summed E-state index contributed by atoms with van der Waals surface area (Å²) in [6.45, 7) is 9.25. The highest BCUT2D eigenvalue weighted by Crippen LogP contribution is 2.33. The van der Waals surface area contributed by atoms with Gasteiger partial charge in [0.15, 0.2) is 0 Å². The maximum atomic E-state index is 12.7. The lowest BCUT2D eigenvalue weighted by molar-refractivity contribution is -0.135. The number of likely N-dealkylation sites (N-methyl/N-ethyl adjacent to an activating group) is 1. The minimum atomic E-state index is -0.313. The van der Waals surface area contributed by atoms with Gasteiger partial charge in [0.05, 0.1) is 18.7 Å². The van der Waals surface area contributed by atoms with Gasteiger partial charge in [-0.05, 0) is 26.0 Å². The van der Waals surface area contributed by atoms with Gasteiger partial charge in [-0.1, -0.05) is 24.3 Å². The SMILES string of the molecule is C=C(C)CN(CC)C(=O)C1CC(=O)N(c2ccccc2OC)C1. The van der Waals surface area contributed by atoms with Crippen molar-refractivity contribution in [3.8, 4) is 5.75 Å². The molecule has 0 aliphatic carbocycles. The van der Waals surface area contributed by atoms with Gasteiger partial charge < -0.3 is 14.5 Å². The van der Waals surface area contributed by atoms with Crippen LogP contribution < -0.4 is 9.64 Å². The lowest BCUT2D eigenvalue weighted by Gasteiger charge is -2.24. The normalized spacial score (nSPS) is 17.3. The smallest absolute Gasteiger partial charge is 0.228 e. The van der Waals surface area contributed by atoms with Gasteiger partial charge in [-0.2, -0.15) is 0 Å². The molecule has 1 aliphatic rings. The Kier molecular flexibility index (Phi) is 5.42. The van der Waals surface area contributed by atoms with E-state index in [-0.39, 0.29) is 24.2 Å². The van der Waals surface area contributed by atoms with Crippen LogP contribution in [0.2, 0.25) is 0 Å². The van der Waals surface area contributed by atoms with Gasteiger partial charge in [0, 0.05) is 26.1 Å². The summed E-state index contributed by atoms with van der Waals surface area (Å²) in [7, 11) is 1.58. The molecule has 1 fully saturated rings. The number of carbonyl (C=O) groups is 2. The van der Waals surface area contributed by atoms with Crippen molar-refractivity contribution in [2.45, 2.75) is 20.3 Å². The third-order valence-electron chi connectivity index (χ3n) is 4.00. The predicted molar refractivity (Wildman–Crippen MR) is 90.5 cm³/mol. The van der Waals surface area contributed by atoms with Crippen molar-refractivity contribution in [2.24, 2.45) is 5.92 Å². The lowest BCUT2D eigenvalue weighted by atomic mass is 10.1. The lowest BCUT2D eigenvalue weighted by Crippen LogP contribution is -2.38. The minimum Gasteiger partial charge on any atom is -0.495 e. The van der Waals surface area contributed by atoms with Gasteiger partial charge in [0.1, 0.15) is 5.75 Å². The number of ether oxygens (including phenoxy) is 1. The Morgan fingerprint density at radius 2 is 2.13 bits per heavy atom. The Hall–Kier alpha value is -2.30. The highest BCUT2D eigenvalue weighted by Gasteiger charge is 2.37. The molecule has 1 saturated heterocycles. The van der Waals surface area contributed by atoms with E-state index in [9.17, 15) is 9.59 Å². The van der Waals surface area contributed by atoms with E-state index >= 15 is 0 Å².